The first kappa shape index (κ1) is 14.8. The number of nitrogens with zero attached hydrogens (tertiary/aromatic N) is 4. The lowest BCUT2D eigenvalue weighted by molar-refractivity contribution is -0.0301. The predicted molar refractivity (Wildman–Crippen MR) is 87.4 cm³/mol. The molecule has 6 heteroatoms. The molecule has 122 valence electrons. The minimum absolute atomic E-state index is 0.294. The molecular weight excluding hydrogens is 290 g/mol. The van der Waals surface area contributed by atoms with Crippen LogP contribution in [0.15, 0.2) is 36.9 Å². The van der Waals surface area contributed by atoms with Crippen molar-refractivity contribution in [2.75, 3.05) is 26.2 Å². The van der Waals surface area contributed by atoms with E-state index in [0.29, 0.717) is 6.10 Å². The first-order valence-electron chi connectivity index (χ1n) is 8.39. The number of ether oxygens (including phenoxy) is 1. The van der Waals surface area contributed by atoms with E-state index < -0.39 is 0 Å². The van der Waals surface area contributed by atoms with Gasteiger partial charge in [-0.2, -0.15) is 5.10 Å². The zero-order valence-corrected chi connectivity index (χ0v) is 13.3. The molecular formula is C17H23N5O. The third-order valence-corrected chi connectivity index (χ3v) is 4.58. The maximum atomic E-state index is 5.89. The van der Waals surface area contributed by atoms with E-state index in [2.05, 4.69) is 38.5 Å². The summed E-state index contributed by atoms with van der Waals surface area (Å²) in [7, 11) is 0. The molecule has 1 saturated heterocycles. The molecule has 2 heterocycles. The van der Waals surface area contributed by atoms with Gasteiger partial charge in [0.1, 0.15) is 12.7 Å². The quantitative estimate of drug-likeness (QED) is 0.869. The molecule has 0 radical (unpaired) electrons. The Morgan fingerprint density at radius 1 is 1.26 bits per heavy atom. The zero-order chi connectivity index (χ0) is 15.5. The number of hydrogen-bond acceptors (Lipinski definition) is 5. The Morgan fingerprint density at radius 3 is 3.00 bits per heavy atom. The van der Waals surface area contributed by atoms with E-state index in [0.717, 1.165) is 44.5 Å². The lowest BCUT2D eigenvalue weighted by Gasteiger charge is -2.33. The van der Waals surface area contributed by atoms with Gasteiger partial charge in [-0.1, -0.05) is 18.2 Å². The van der Waals surface area contributed by atoms with Crippen molar-refractivity contribution in [1.82, 2.24) is 25.0 Å². The number of benzene rings is 1. The van der Waals surface area contributed by atoms with E-state index in [-0.39, 0.29) is 0 Å². The van der Waals surface area contributed by atoms with Crippen LogP contribution in [0.3, 0.4) is 0 Å². The highest BCUT2D eigenvalue weighted by molar-refractivity contribution is 5.39. The average Bonchev–Trinajstić information content (AvgIpc) is 3.31. The smallest absolute Gasteiger partial charge is 0.138 e. The number of para-hydroxylation sites is 1. The predicted octanol–water partition coefficient (Wildman–Crippen LogP) is 1.22. The zero-order valence-electron chi connectivity index (χ0n) is 13.3. The molecule has 0 unspecified atom stereocenters. The molecule has 1 aliphatic heterocycles. The molecule has 2 fully saturated rings. The lowest BCUT2D eigenvalue weighted by Crippen LogP contribution is -2.47. The number of nitrogens with one attached hydrogen (secondary N) is 1. The second-order valence-corrected chi connectivity index (χ2v) is 6.32. The fraction of sp³-hybridized carbons (Fsp3) is 0.529. The Labute approximate surface area is 136 Å². The first-order valence-corrected chi connectivity index (χ1v) is 8.39. The van der Waals surface area contributed by atoms with E-state index in [4.69, 9.17) is 4.74 Å². The van der Waals surface area contributed by atoms with Gasteiger partial charge < -0.3 is 10.1 Å². The summed E-state index contributed by atoms with van der Waals surface area (Å²) >= 11 is 0. The second-order valence-electron chi connectivity index (χ2n) is 6.32. The van der Waals surface area contributed by atoms with Gasteiger partial charge in [0, 0.05) is 32.2 Å². The monoisotopic (exact) mass is 313 g/mol. The van der Waals surface area contributed by atoms with Gasteiger partial charge in [-0.25, -0.2) is 9.67 Å². The van der Waals surface area contributed by atoms with Gasteiger partial charge in [-0.05, 0) is 24.5 Å². The maximum absolute atomic E-state index is 5.89. The Bertz CT molecular complexity index is 626. The van der Waals surface area contributed by atoms with Crippen molar-refractivity contribution in [2.45, 2.75) is 31.5 Å². The van der Waals surface area contributed by atoms with Gasteiger partial charge in [0.05, 0.1) is 18.4 Å². The van der Waals surface area contributed by atoms with Crippen LogP contribution < -0.4 is 5.32 Å². The Morgan fingerprint density at radius 2 is 2.17 bits per heavy atom. The second kappa shape index (κ2) is 6.78. The Balaban J connectivity index is 1.33. The van der Waals surface area contributed by atoms with E-state index in [1.807, 2.05) is 10.7 Å². The fourth-order valence-corrected chi connectivity index (χ4v) is 3.22. The van der Waals surface area contributed by atoms with Gasteiger partial charge in [-0.15, -0.1) is 0 Å². The Hall–Kier alpha value is -1.76. The van der Waals surface area contributed by atoms with Crippen LogP contribution in [0.4, 0.5) is 0 Å². The molecule has 0 bridgehead atoms. The van der Waals surface area contributed by atoms with Gasteiger partial charge >= 0.3 is 0 Å². The minimum Gasteiger partial charge on any atom is -0.374 e. The number of rotatable bonds is 6. The topological polar surface area (TPSA) is 55.2 Å². The molecule has 1 atom stereocenters. The van der Waals surface area contributed by atoms with Crippen LogP contribution in [0.2, 0.25) is 0 Å². The van der Waals surface area contributed by atoms with Crippen LogP contribution in [0.5, 0.6) is 0 Å². The number of aromatic nitrogens is 3. The molecule has 23 heavy (non-hydrogen) atoms. The summed E-state index contributed by atoms with van der Waals surface area (Å²) in [6, 6.07) is 9.11. The minimum atomic E-state index is 0.294. The molecule has 1 aromatic heterocycles. The van der Waals surface area contributed by atoms with Crippen molar-refractivity contribution in [1.29, 1.82) is 0 Å². The van der Waals surface area contributed by atoms with Gasteiger partial charge in [0.2, 0.25) is 0 Å². The van der Waals surface area contributed by atoms with Crippen molar-refractivity contribution in [2.24, 2.45) is 0 Å². The summed E-state index contributed by atoms with van der Waals surface area (Å²) in [6.07, 6.45) is 6.32. The molecule has 4 rings (SSSR count). The van der Waals surface area contributed by atoms with Crippen molar-refractivity contribution in [3.05, 3.63) is 42.5 Å². The largest absolute Gasteiger partial charge is 0.374 e. The molecule has 1 N–H and O–H groups in total. The highest BCUT2D eigenvalue weighted by Crippen LogP contribution is 2.28. The molecule has 2 aliphatic rings. The fourth-order valence-electron chi connectivity index (χ4n) is 3.22. The standard InChI is InChI=1S/C17H23N5O/c1-2-4-17(22-13-19-12-20-22)14(3-1)9-18-10-16-11-21(7-8-23-16)15-5-6-15/h1-4,12-13,15-16,18H,5-11H2/t16-/m1/s1. The summed E-state index contributed by atoms with van der Waals surface area (Å²) in [4.78, 5) is 6.61. The average molecular weight is 313 g/mol. The van der Waals surface area contributed by atoms with E-state index in [9.17, 15) is 0 Å². The van der Waals surface area contributed by atoms with Crippen molar-refractivity contribution in [3.63, 3.8) is 0 Å². The Kier molecular flexibility index (Phi) is 4.37. The third kappa shape index (κ3) is 3.60. The van der Waals surface area contributed by atoms with Crippen molar-refractivity contribution >= 4 is 0 Å². The van der Waals surface area contributed by atoms with Crippen LogP contribution in [-0.2, 0) is 11.3 Å². The van der Waals surface area contributed by atoms with Gasteiger partial charge in [0.15, 0.2) is 0 Å². The summed E-state index contributed by atoms with van der Waals surface area (Å²) < 4.78 is 7.70. The molecule has 6 nitrogen and oxygen atoms in total. The molecule has 2 aromatic rings. The molecule has 1 aliphatic carbocycles. The van der Waals surface area contributed by atoms with Crippen molar-refractivity contribution < 1.29 is 4.74 Å². The highest BCUT2D eigenvalue weighted by Gasteiger charge is 2.32. The van der Waals surface area contributed by atoms with E-state index in [1.54, 1.807) is 12.7 Å². The first-order chi connectivity index (χ1) is 11.4. The van der Waals surface area contributed by atoms with Crippen LogP contribution in [0.1, 0.15) is 18.4 Å². The molecule has 1 aromatic carbocycles. The summed E-state index contributed by atoms with van der Waals surface area (Å²) in [5.41, 5.74) is 2.29. The van der Waals surface area contributed by atoms with Crippen LogP contribution >= 0.6 is 0 Å². The van der Waals surface area contributed by atoms with Crippen LogP contribution in [-0.4, -0.2) is 58.1 Å². The van der Waals surface area contributed by atoms with Gasteiger partial charge in [0.25, 0.3) is 0 Å². The van der Waals surface area contributed by atoms with Crippen molar-refractivity contribution in [3.8, 4) is 5.69 Å². The number of hydrogen-bond donors (Lipinski definition) is 1. The third-order valence-electron chi connectivity index (χ3n) is 4.58. The molecule has 1 saturated carbocycles. The lowest BCUT2D eigenvalue weighted by atomic mass is 10.1. The number of morpholine rings is 1. The summed E-state index contributed by atoms with van der Waals surface area (Å²) in [5.74, 6) is 0. The molecule has 0 spiro atoms. The summed E-state index contributed by atoms with van der Waals surface area (Å²) in [6.45, 7) is 4.70. The van der Waals surface area contributed by atoms with Crippen LogP contribution in [0.25, 0.3) is 5.69 Å². The van der Waals surface area contributed by atoms with E-state index in [1.165, 1.54) is 18.4 Å². The highest BCUT2D eigenvalue weighted by atomic mass is 16.5. The SMILES string of the molecule is c1ccc(-n2cncn2)c(CNC[C@@H]2CN(C3CC3)CCO2)c1. The maximum Gasteiger partial charge on any atom is 0.138 e. The van der Waals surface area contributed by atoms with Crippen LogP contribution in [0, 0.1) is 0 Å². The van der Waals surface area contributed by atoms with Gasteiger partial charge in [-0.3, -0.25) is 4.90 Å². The van der Waals surface area contributed by atoms with E-state index >= 15 is 0 Å². The normalized spacial score (nSPS) is 22.3. The summed E-state index contributed by atoms with van der Waals surface area (Å²) in [5, 5.41) is 7.77. The molecule has 0 amide bonds.